The molecule has 0 atom stereocenters. The summed E-state index contributed by atoms with van der Waals surface area (Å²) in [6.45, 7) is 1.56. The molecule has 0 saturated heterocycles. The molecule has 0 aliphatic carbocycles. The Morgan fingerprint density at radius 3 is 2.50 bits per heavy atom. The van der Waals surface area contributed by atoms with Crippen LogP contribution in [0.2, 0.25) is 0 Å². The summed E-state index contributed by atoms with van der Waals surface area (Å²) in [5, 5.41) is 5.30. The minimum absolute atomic E-state index is 0.0228. The Balaban J connectivity index is 1.75. The Morgan fingerprint density at radius 2 is 1.82 bits per heavy atom. The predicted molar refractivity (Wildman–Crippen MR) is 108 cm³/mol. The van der Waals surface area contributed by atoms with Gasteiger partial charge in [-0.15, -0.1) is 11.3 Å². The quantitative estimate of drug-likeness (QED) is 0.612. The van der Waals surface area contributed by atoms with Crippen molar-refractivity contribution < 1.29 is 22.7 Å². The number of carbonyl (C=O) groups excluding carboxylic acids is 2. The highest BCUT2D eigenvalue weighted by molar-refractivity contribution is 7.93. The molecule has 2 amide bonds. The summed E-state index contributed by atoms with van der Waals surface area (Å²) in [6.07, 6.45) is 0. The number of thiazole rings is 1. The maximum absolute atomic E-state index is 12.2. The van der Waals surface area contributed by atoms with Gasteiger partial charge in [0.15, 0.2) is 0 Å². The lowest BCUT2D eigenvalue weighted by Crippen LogP contribution is -2.19. The van der Waals surface area contributed by atoms with E-state index in [9.17, 15) is 18.0 Å². The number of anilines is 2. The number of sulfone groups is 1. The molecule has 0 bridgehead atoms. The minimum atomic E-state index is -3.38. The Bertz CT molecular complexity index is 1150. The zero-order chi connectivity index (χ0) is 20.3. The summed E-state index contributed by atoms with van der Waals surface area (Å²) < 4.78 is 29.3. The van der Waals surface area contributed by atoms with Gasteiger partial charge in [-0.05, 0) is 36.4 Å². The number of esters is 1. The molecular formula is C18H17N3O5S2. The number of nitrogens with one attached hydrogen (secondary N) is 2. The summed E-state index contributed by atoms with van der Waals surface area (Å²) in [5.74, 6) is -0.525. The van der Waals surface area contributed by atoms with E-state index in [1.165, 1.54) is 13.2 Å². The molecule has 0 aliphatic rings. The fourth-order valence-corrected chi connectivity index (χ4v) is 4.72. The molecule has 2 N–H and O–H groups in total. The van der Waals surface area contributed by atoms with Crippen molar-refractivity contribution in [3.63, 3.8) is 0 Å². The fraction of sp³-hybridized carbons (Fsp3) is 0.167. The molecule has 8 nitrogen and oxygen atoms in total. The third-order valence-corrected chi connectivity index (χ3v) is 7.02. The van der Waals surface area contributed by atoms with E-state index in [2.05, 4.69) is 20.4 Å². The Labute approximate surface area is 165 Å². The summed E-state index contributed by atoms with van der Waals surface area (Å²) in [7, 11) is -2.10. The van der Waals surface area contributed by atoms with Crippen molar-refractivity contribution in [2.45, 2.75) is 11.3 Å². The van der Waals surface area contributed by atoms with Gasteiger partial charge in [-0.2, -0.15) is 0 Å². The lowest BCUT2D eigenvalue weighted by molar-refractivity contribution is 0.0600. The van der Waals surface area contributed by atoms with E-state index in [1.54, 1.807) is 43.3 Å². The largest absolute Gasteiger partial charge is 0.465 e. The van der Waals surface area contributed by atoms with Crippen LogP contribution in [-0.2, 0) is 14.6 Å². The number of carbonyl (C=O) groups is 2. The van der Waals surface area contributed by atoms with Crippen LogP contribution >= 0.6 is 11.3 Å². The summed E-state index contributed by atoms with van der Waals surface area (Å²) in [6, 6.07) is 10.8. The molecule has 0 aliphatic heterocycles. The third kappa shape index (κ3) is 4.29. The molecular weight excluding hydrogens is 402 g/mol. The molecule has 0 fully saturated rings. The first-order valence-corrected chi connectivity index (χ1v) is 10.7. The number of benzene rings is 2. The lowest BCUT2D eigenvalue weighted by Gasteiger charge is -2.08. The summed E-state index contributed by atoms with van der Waals surface area (Å²) >= 11 is 1.06. The van der Waals surface area contributed by atoms with E-state index < -0.39 is 21.8 Å². The van der Waals surface area contributed by atoms with E-state index in [0.29, 0.717) is 27.2 Å². The van der Waals surface area contributed by atoms with E-state index in [0.717, 1.165) is 11.3 Å². The van der Waals surface area contributed by atoms with Gasteiger partial charge in [-0.1, -0.05) is 13.0 Å². The van der Waals surface area contributed by atoms with Gasteiger partial charge in [-0.3, -0.25) is 0 Å². The van der Waals surface area contributed by atoms with Gasteiger partial charge >= 0.3 is 12.0 Å². The number of aromatic nitrogens is 1. The summed E-state index contributed by atoms with van der Waals surface area (Å²) in [4.78, 5) is 27.9. The Hall–Kier alpha value is -2.98. The minimum Gasteiger partial charge on any atom is -0.465 e. The standard InChI is InChI=1S/C18H17N3O5S2/c1-3-28(24,25)18-21-14-8-7-13(10-15(14)27-18)20-17(23)19-12-6-4-5-11(9-12)16(22)26-2/h4-10H,3H2,1-2H3,(H2,19,20,23). The second kappa shape index (κ2) is 7.95. The number of nitrogens with zero attached hydrogens (tertiary/aromatic N) is 1. The second-order valence-electron chi connectivity index (χ2n) is 5.72. The number of fused-ring (bicyclic) bond motifs is 1. The average molecular weight is 419 g/mol. The van der Waals surface area contributed by atoms with E-state index in [1.807, 2.05) is 0 Å². The summed E-state index contributed by atoms with van der Waals surface area (Å²) in [5.41, 5.74) is 1.78. The van der Waals surface area contributed by atoms with Crippen molar-refractivity contribution in [2.24, 2.45) is 0 Å². The van der Waals surface area contributed by atoms with Gasteiger partial charge in [0, 0.05) is 11.4 Å². The van der Waals surface area contributed by atoms with Crippen LogP contribution in [0.3, 0.4) is 0 Å². The van der Waals surface area contributed by atoms with Crippen LogP contribution in [0.4, 0.5) is 16.2 Å². The highest BCUT2D eigenvalue weighted by Crippen LogP contribution is 2.28. The molecule has 28 heavy (non-hydrogen) atoms. The maximum Gasteiger partial charge on any atom is 0.337 e. The van der Waals surface area contributed by atoms with Gasteiger partial charge in [-0.25, -0.2) is 23.0 Å². The van der Waals surface area contributed by atoms with Crippen LogP contribution in [0, 0.1) is 0 Å². The zero-order valence-electron chi connectivity index (χ0n) is 15.1. The van der Waals surface area contributed by atoms with Crippen LogP contribution in [0.1, 0.15) is 17.3 Å². The van der Waals surface area contributed by atoms with Crippen LogP contribution in [0.15, 0.2) is 46.8 Å². The van der Waals surface area contributed by atoms with Crippen molar-refractivity contribution in [3.8, 4) is 0 Å². The average Bonchev–Trinajstić information content (AvgIpc) is 3.11. The van der Waals surface area contributed by atoms with Gasteiger partial charge < -0.3 is 15.4 Å². The smallest absolute Gasteiger partial charge is 0.337 e. The van der Waals surface area contributed by atoms with Crippen LogP contribution in [0.5, 0.6) is 0 Å². The maximum atomic E-state index is 12.2. The number of methoxy groups -OCH3 is 1. The first kappa shape index (κ1) is 19.8. The third-order valence-electron chi connectivity index (χ3n) is 3.81. The lowest BCUT2D eigenvalue weighted by atomic mass is 10.2. The molecule has 146 valence electrons. The number of amides is 2. The number of hydrogen-bond donors (Lipinski definition) is 2. The monoisotopic (exact) mass is 419 g/mol. The molecule has 10 heteroatoms. The van der Waals surface area contributed by atoms with Crippen LogP contribution in [0.25, 0.3) is 10.2 Å². The molecule has 2 aromatic carbocycles. The molecule has 1 heterocycles. The SMILES string of the molecule is CCS(=O)(=O)c1nc2ccc(NC(=O)Nc3cccc(C(=O)OC)c3)cc2s1. The zero-order valence-corrected chi connectivity index (χ0v) is 16.7. The molecule has 0 saturated carbocycles. The number of urea groups is 1. The number of rotatable bonds is 5. The van der Waals surface area contributed by atoms with Crippen molar-refractivity contribution in [2.75, 3.05) is 23.5 Å². The highest BCUT2D eigenvalue weighted by atomic mass is 32.2. The molecule has 3 aromatic rings. The van der Waals surface area contributed by atoms with E-state index >= 15 is 0 Å². The fourth-order valence-electron chi connectivity index (χ4n) is 2.37. The first-order chi connectivity index (χ1) is 13.3. The molecule has 0 unspecified atom stereocenters. The Morgan fingerprint density at radius 1 is 1.11 bits per heavy atom. The highest BCUT2D eigenvalue weighted by Gasteiger charge is 2.17. The molecule has 1 aromatic heterocycles. The number of ether oxygens (including phenoxy) is 1. The topological polar surface area (TPSA) is 114 Å². The van der Waals surface area contributed by atoms with Gasteiger partial charge in [0.25, 0.3) is 0 Å². The van der Waals surface area contributed by atoms with Crippen LogP contribution < -0.4 is 10.6 Å². The molecule has 0 radical (unpaired) electrons. The van der Waals surface area contributed by atoms with Crippen molar-refractivity contribution >= 4 is 54.8 Å². The Kier molecular flexibility index (Phi) is 5.61. The van der Waals surface area contributed by atoms with E-state index in [4.69, 9.17) is 0 Å². The normalized spacial score (nSPS) is 11.2. The van der Waals surface area contributed by atoms with Crippen molar-refractivity contribution in [3.05, 3.63) is 48.0 Å². The van der Waals surface area contributed by atoms with Gasteiger partial charge in [0.1, 0.15) is 0 Å². The molecule has 3 rings (SSSR count). The molecule has 0 spiro atoms. The predicted octanol–water partition coefficient (Wildman–Crippen LogP) is 3.52. The number of hydrogen-bond acceptors (Lipinski definition) is 7. The van der Waals surface area contributed by atoms with Crippen molar-refractivity contribution in [1.29, 1.82) is 0 Å². The van der Waals surface area contributed by atoms with E-state index in [-0.39, 0.29) is 10.1 Å². The van der Waals surface area contributed by atoms with Gasteiger partial charge in [0.05, 0.1) is 28.6 Å². The first-order valence-electron chi connectivity index (χ1n) is 8.22. The second-order valence-corrected chi connectivity index (χ2v) is 9.20. The van der Waals surface area contributed by atoms with Gasteiger partial charge in [0.2, 0.25) is 14.2 Å². The van der Waals surface area contributed by atoms with Crippen molar-refractivity contribution in [1.82, 2.24) is 4.98 Å². The van der Waals surface area contributed by atoms with Crippen LogP contribution in [-0.4, -0.2) is 38.3 Å².